The highest BCUT2D eigenvalue weighted by Gasteiger charge is 2.16. The number of nitrogens with one attached hydrogen (secondary N) is 2. The van der Waals surface area contributed by atoms with Crippen molar-refractivity contribution in [2.24, 2.45) is 0 Å². The Kier molecular flexibility index (Phi) is 6.33. The zero-order valence-electron chi connectivity index (χ0n) is 19.5. The molecule has 0 spiro atoms. The lowest BCUT2D eigenvalue weighted by molar-refractivity contribution is 0.0951. The third-order valence-corrected chi connectivity index (χ3v) is 6.72. The number of halogens is 2. The minimum absolute atomic E-state index is 0.117. The zero-order valence-corrected chi connectivity index (χ0v) is 21.8. The lowest BCUT2D eigenvalue weighted by Crippen LogP contribution is -2.33. The average Bonchev–Trinajstić information content (AvgIpc) is 3.57. The van der Waals surface area contributed by atoms with Gasteiger partial charge in [-0.3, -0.25) is 10.1 Å². The van der Waals surface area contributed by atoms with Gasteiger partial charge in [-0.05, 0) is 84.3 Å². The molecule has 2 heterocycles. The van der Waals surface area contributed by atoms with Crippen molar-refractivity contribution in [3.8, 4) is 22.8 Å². The summed E-state index contributed by atoms with van der Waals surface area (Å²) in [6.07, 6.45) is 0. The molecule has 1 amide bonds. The standard InChI is InChI=1S/C29H17Cl2N3O3S/c30-17-9-7-16(8-10-17)24-13-14-26(36-24)27(35)34-29(38)32-18-11-12-25-23(15-18)33-28(37-25)21-5-1-4-20-19(21)3-2-6-22(20)31/h1-15H,(H2,32,34,35,38). The van der Waals surface area contributed by atoms with Gasteiger partial charge in [0, 0.05) is 32.2 Å². The van der Waals surface area contributed by atoms with Gasteiger partial charge in [0.2, 0.25) is 5.89 Å². The minimum atomic E-state index is -0.470. The first-order valence-electron chi connectivity index (χ1n) is 11.5. The Hall–Kier alpha value is -4.17. The van der Waals surface area contributed by atoms with Crippen LogP contribution in [0.4, 0.5) is 5.69 Å². The van der Waals surface area contributed by atoms with Crippen LogP contribution in [0.5, 0.6) is 0 Å². The lowest BCUT2D eigenvalue weighted by Gasteiger charge is -2.08. The fraction of sp³-hybridized carbons (Fsp3) is 0. The maximum atomic E-state index is 12.7. The van der Waals surface area contributed by atoms with E-state index in [4.69, 9.17) is 44.3 Å². The first-order chi connectivity index (χ1) is 18.4. The molecule has 2 N–H and O–H groups in total. The van der Waals surface area contributed by atoms with Crippen molar-refractivity contribution in [3.63, 3.8) is 0 Å². The van der Waals surface area contributed by atoms with E-state index < -0.39 is 5.91 Å². The number of carbonyl (C=O) groups is 1. The predicted molar refractivity (Wildman–Crippen MR) is 155 cm³/mol. The second-order valence-corrected chi connectivity index (χ2v) is 9.67. The van der Waals surface area contributed by atoms with Crippen LogP contribution in [0.1, 0.15) is 10.6 Å². The SMILES string of the molecule is O=C(NC(=S)Nc1ccc2oc(-c3cccc4c(Cl)cccc34)nc2c1)c1ccc(-c2ccc(Cl)cc2)o1. The quantitative estimate of drug-likeness (QED) is 0.212. The second-order valence-electron chi connectivity index (χ2n) is 8.42. The third kappa shape index (κ3) is 4.75. The molecule has 0 fully saturated rings. The van der Waals surface area contributed by atoms with Gasteiger partial charge in [0.1, 0.15) is 11.3 Å². The summed E-state index contributed by atoms with van der Waals surface area (Å²) in [6.45, 7) is 0. The molecule has 0 aliphatic carbocycles. The second kappa shape index (κ2) is 9.95. The van der Waals surface area contributed by atoms with E-state index in [1.807, 2.05) is 48.5 Å². The van der Waals surface area contributed by atoms with Crippen molar-refractivity contribution in [2.75, 3.05) is 5.32 Å². The molecule has 4 aromatic carbocycles. The first kappa shape index (κ1) is 24.2. The van der Waals surface area contributed by atoms with Crippen LogP contribution >= 0.6 is 35.4 Å². The molecule has 9 heteroatoms. The summed E-state index contributed by atoms with van der Waals surface area (Å²) < 4.78 is 11.7. The van der Waals surface area contributed by atoms with Gasteiger partial charge >= 0.3 is 0 Å². The van der Waals surface area contributed by atoms with E-state index in [2.05, 4.69) is 15.6 Å². The Bertz CT molecular complexity index is 1840. The molecule has 0 radical (unpaired) electrons. The largest absolute Gasteiger partial charge is 0.451 e. The number of amides is 1. The Morgan fingerprint density at radius 3 is 2.47 bits per heavy atom. The summed E-state index contributed by atoms with van der Waals surface area (Å²) in [5.74, 6) is 0.690. The summed E-state index contributed by atoms with van der Waals surface area (Å²) in [4.78, 5) is 17.3. The summed E-state index contributed by atoms with van der Waals surface area (Å²) in [6, 6.07) is 27.4. The highest BCUT2D eigenvalue weighted by atomic mass is 35.5. The summed E-state index contributed by atoms with van der Waals surface area (Å²) in [7, 11) is 0. The fourth-order valence-corrected chi connectivity index (χ4v) is 4.71. The normalized spacial score (nSPS) is 11.1. The predicted octanol–water partition coefficient (Wildman–Crippen LogP) is 8.34. The molecule has 0 saturated heterocycles. The molecule has 0 aliphatic rings. The molecule has 0 saturated carbocycles. The molecule has 6 nitrogen and oxygen atoms in total. The van der Waals surface area contributed by atoms with Crippen molar-refractivity contribution in [2.45, 2.75) is 0 Å². The van der Waals surface area contributed by atoms with Gasteiger partial charge in [0.15, 0.2) is 16.5 Å². The molecular weight excluding hydrogens is 541 g/mol. The van der Waals surface area contributed by atoms with Crippen LogP contribution < -0.4 is 10.6 Å². The molecular formula is C29H17Cl2N3O3S. The Labute approximate surface area is 232 Å². The van der Waals surface area contributed by atoms with Crippen LogP contribution in [0.25, 0.3) is 44.7 Å². The number of aromatic nitrogens is 1. The zero-order chi connectivity index (χ0) is 26.2. The van der Waals surface area contributed by atoms with E-state index >= 15 is 0 Å². The number of hydrogen-bond donors (Lipinski definition) is 2. The Balaban J connectivity index is 1.18. The number of anilines is 1. The van der Waals surface area contributed by atoms with E-state index in [1.165, 1.54) is 0 Å². The van der Waals surface area contributed by atoms with Crippen LogP contribution in [-0.2, 0) is 0 Å². The maximum absolute atomic E-state index is 12.7. The van der Waals surface area contributed by atoms with Crippen LogP contribution in [0.15, 0.2) is 99.8 Å². The molecule has 2 aromatic heterocycles. The number of hydrogen-bond acceptors (Lipinski definition) is 5. The van der Waals surface area contributed by atoms with Gasteiger partial charge in [0.25, 0.3) is 5.91 Å². The highest BCUT2D eigenvalue weighted by Crippen LogP contribution is 2.34. The van der Waals surface area contributed by atoms with E-state index in [-0.39, 0.29) is 10.9 Å². The number of nitrogens with zero attached hydrogens (tertiary/aromatic N) is 1. The van der Waals surface area contributed by atoms with E-state index in [0.29, 0.717) is 38.5 Å². The van der Waals surface area contributed by atoms with Crippen molar-refractivity contribution in [1.82, 2.24) is 10.3 Å². The molecule has 6 rings (SSSR count). The van der Waals surface area contributed by atoms with Crippen molar-refractivity contribution >= 4 is 74.0 Å². The summed E-state index contributed by atoms with van der Waals surface area (Å²) in [5, 5.41) is 8.92. The third-order valence-electron chi connectivity index (χ3n) is 5.93. The maximum Gasteiger partial charge on any atom is 0.293 e. The molecule has 0 bridgehead atoms. The topological polar surface area (TPSA) is 80.3 Å². The Morgan fingerprint density at radius 1 is 0.842 bits per heavy atom. The number of rotatable bonds is 4. The van der Waals surface area contributed by atoms with Gasteiger partial charge in [-0.25, -0.2) is 4.98 Å². The highest BCUT2D eigenvalue weighted by molar-refractivity contribution is 7.80. The number of benzene rings is 4. The van der Waals surface area contributed by atoms with Crippen molar-refractivity contribution in [1.29, 1.82) is 0 Å². The molecule has 0 aliphatic heterocycles. The average molecular weight is 558 g/mol. The van der Waals surface area contributed by atoms with Crippen molar-refractivity contribution in [3.05, 3.63) is 107 Å². The number of oxazole rings is 1. The number of furan rings is 1. The van der Waals surface area contributed by atoms with Gasteiger partial charge in [-0.2, -0.15) is 0 Å². The van der Waals surface area contributed by atoms with Gasteiger partial charge < -0.3 is 14.2 Å². The smallest absolute Gasteiger partial charge is 0.293 e. The molecule has 38 heavy (non-hydrogen) atoms. The van der Waals surface area contributed by atoms with Gasteiger partial charge in [-0.15, -0.1) is 0 Å². The van der Waals surface area contributed by atoms with Gasteiger partial charge in [0.05, 0.1) is 0 Å². The Morgan fingerprint density at radius 2 is 1.63 bits per heavy atom. The summed E-state index contributed by atoms with van der Waals surface area (Å²) in [5.41, 5.74) is 3.54. The number of thiocarbonyl (C=S) groups is 1. The van der Waals surface area contributed by atoms with E-state index in [0.717, 1.165) is 21.9 Å². The lowest BCUT2D eigenvalue weighted by atomic mass is 10.0. The van der Waals surface area contributed by atoms with Crippen molar-refractivity contribution < 1.29 is 13.6 Å². The molecule has 186 valence electrons. The number of carbonyl (C=O) groups excluding carboxylic acids is 1. The first-order valence-corrected chi connectivity index (χ1v) is 12.7. The van der Waals surface area contributed by atoms with Crippen LogP contribution in [0.3, 0.4) is 0 Å². The monoisotopic (exact) mass is 557 g/mol. The molecule has 0 atom stereocenters. The van der Waals surface area contributed by atoms with Gasteiger partial charge in [-0.1, -0.05) is 47.5 Å². The van der Waals surface area contributed by atoms with E-state index in [1.54, 1.807) is 42.5 Å². The summed E-state index contributed by atoms with van der Waals surface area (Å²) >= 11 is 17.6. The van der Waals surface area contributed by atoms with Crippen LogP contribution in [0, 0.1) is 0 Å². The molecule has 6 aromatic rings. The van der Waals surface area contributed by atoms with Crippen LogP contribution in [0.2, 0.25) is 10.0 Å². The number of fused-ring (bicyclic) bond motifs is 2. The van der Waals surface area contributed by atoms with E-state index in [9.17, 15) is 4.79 Å². The molecule has 0 unspecified atom stereocenters. The van der Waals surface area contributed by atoms with Crippen LogP contribution in [-0.4, -0.2) is 16.0 Å². The fourth-order valence-electron chi connectivity index (χ4n) is 4.13. The minimum Gasteiger partial charge on any atom is -0.451 e.